The van der Waals surface area contributed by atoms with E-state index in [9.17, 15) is 13.2 Å². The van der Waals surface area contributed by atoms with Crippen LogP contribution in [0.4, 0.5) is 5.00 Å². The fourth-order valence-corrected chi connectivity index (χ4v) is 6.58. The first kappa shape index (κ1) is 17.2. The van der Waals surface area contributed by atoms with Crippen molar-refractivity contribution in [2.45, 2.75) is 17.3 Å². The van der Waals surface area contributed by atoms with Crippen LogP contribution in [0.2, 0.25) is 0 Å². The number of nitrogens with one attached hydrogen (secondary N) is 1. The van der Waals surface area contributed by atoms with Crippen LogP contribution < -0.4 is 5.32 Å². The number of carbonyl (C=O) groups is 1. The van der Waals surface area contributed by atoms with E-state index in [0.717, 1.165) is 21.8 Å². The molecule has 1 aliphatic rings. The minimum absolute atomic E-state index is 0.263. The number of amides is 1. The van der Waals surface area contributed by atoms with Gasteiger partial charge in [-0.25, -0.2) is 8.42 Å². The summed E-state index contributed by atoms with van der Waals surface area (Å²) < 4.78 is 32.6. The number of carbonyl (C=O) groups excluding carboxylic acids is 1. The molecule has 7 nitrogen and oxygen atoms in total. The third-order valence-corrected chi connectivity index (χ3v) is 8.29. The van der Waals surface area contributed by atoms with Gasteiger partial charge in [0.1, 0.15) is 4.21 Å². The molecular formula is C16H13N3O4S3. The van der Waals surface area contributed by atoms with Crippen molar-refractivity contribution in [3.8, 4) is 10.6 Å². The molecule has 26 heavy (non-hydrogen) atoms. The van der Waals surface area contributed by atoms with E-state index in [2.05, 4.69) is 17.1 Å². The lowest BCUT2D eigenvalue weighted by molar-refractivity contribution is -0.111. The maximum absolute atomic E-state index is 12.9. The van der Waals surface area contributed by atoms with E-state index >= 15 is 0 Å². The summed E-state index contributed by atoms with van der Waals surface area (Å²) in [4.78, 5) is 13.0. The topological polar surface area (TPSA) is 92.5 Å². The molecule has 0 aromatic carbocycles. The van der Waals surface area contributed by atoms with Gasteiger partial charge in [-0.15, -0.1) is 22.7 Å². The second-order valence-corrected chi connectivity index (χ2v) is 9.91. The summed E-state index contributed by atoms with van der Waals surface area (Å²) in [5, 5.41) is 7.04. The Bertz CT molecular complexity index is 1060. The number of hydrogen-bond acceptors (Lipinski definition) is 7. The molecule has 1 aliphatic heterocycles. The Morgan fingerprint density at radius 2 is 2.15 bits per heavy atom. The number of rotatable bonds is 5. The molecule has 1 amide bonds. The van der Waals surface area contributed by atoms with Crippen LogP contribution in [0.15, 0.2) is 51.8 Å². The Morgan fingerprint density at radius 3 is 2.85 bits per heavy atom. The van der Waals surface area contributed by atoms with Crippen molar-refractivity contribution in [1.29, 1.82) is 0 Å². The van der Waals surface area contributed by atoms with Gasteiger partial charge in [-0.1, -0.05) is 11.7 Å². The third-order valence-electron chi connectivity index (χ3n) is 3.85. The normalized spacial score (nSPS) is 14.3. The average molecular weight is 407 g/mol. The van der Waals surface area contributed by atoms with Gasteiger partial charge in [-0.3, -0.25) is 4.79 Å². The Hall–Kier alpha value is -2.27. The smallest absolute Gasteiger partial charge is 0.253 e. The lowest BCUT2D eigenvalue weighted by Crippen LogP contribution is -2.24. The number of aromatic nitrogens is 1. The van der Waals surface area contributed by atoms with Crippen molar-refractivity contribution in [3.05, 3.63) is 53.6 Å². The van der Waals surface area contributed by atoms with E-state index in [1.807, 2.05) is 6.07 Å². The monoisotopic (exact) mass is 407 g/mol. The molecule has 0 spiro atoms. The zero-order valence-corrected chi connectivity index (χ0v) is 15.8. The van der Waals surface area contributed by atoms with Crippen LogP contribution in [0.25, 0.3) is 10.6 Å². The first-order chi connectivity index (χ1) is 12.5. The van der Waals surface area contributed by atoms with Crippen molar-refractivity contribution in [2.75, 3.05) is 5.32 Å². The first-order valence-corrected chi connectivity index (χ1v) is 10.6. The van der Waals surface area contributed by atoms with Crippen LogP contribution in [0.5, 0.6) is 0 Å². The van der Waals surface area contributed by atoms with Crippen LogP contribution in [-0.2, 0) is 27.9 Å². The van der Waals surface area contributed by atoms with Crippen molar-refractivity contribution < 1.29 is 17.7 Å². The SMILES string of the molecule is C=CC(=O)Nc1cc2c(s1)CN(S(=O)(=O)c1ccc(-c3ccno3)s1)C2. The molecule has 1 N–H and O–H groups in total. The fraction of sp³-hybridized carbons (Fsp3) is 0.125. The molecule has 0 saturated carbocycles. The first-order valence-electron chi connectivity index (χ1n) is 7.53. The van der Waals surface area contributed by atoms with Crippen molar-refractivity contribution >= 4 is 43.6 Å². The summed E-state index contributed by atoms with van der Waals surface area (Å²) in [7, 11) is -3.59. The predicted octanol–water partition coefficient (Wildman–Crippen LogP) is 3.29. The second kappa shape index (κ2) is 6.47. The Kier molecular flexibility index (Phi) is 4.27. The Morgan fingerprint density at radius 1 is 1.31 bits per heavy atom. The van der Waals surface area contributed by atoms with E-state index in [1.54, 1.807) is 18.2 Å². The molecule has 0 fully saturated rings. The summed E-state index contributed by atoms with van der Waals surface area (Å²) >= 11 is 2.53. The van der Waals surface area contributed by atoms with E-state index in [0.29, 0.717) is 22.2 Å². The summed E-state index contributed by atoms with van der Waals surface area (Å²) in [5.74, 6) is 0.257. The van der Waals surface area contributed by atoms with E-state index in [-0.39, 0.29) is 16.7 Å². The van der Waals surface area contributed by atoms with Crippen molar-refractivity contribution in [1.82, 2.24) is 9.46 Å². The maximum atomic E-state index is 12.9. The highest BCUT2D eigenvalue weighted by Gasteiger charge is 2.33. The molecule has 134 valence electrons. The number of anilines is 1. The number of hydrogen-bond donors (Lipinski definition) is 1. The molecule has 0 saturated heterocycles. The number of fused-ring (bicyclic) bond motifs is 1. The molecule has 4 heterocycles. The van der Waals surface area contributed by atoms with Crippen LogP contribution in [0.3, 0.4) is 0 Å². The van der Waals surface area contributed by atoms with Crippen LogP contribution in [0.1, 0.15) is 10.4 Å². The standard InChI is InChI=1S/C16H13N3O4S3/c1-2-14(20)18-15-7-10-8-19(9-13(10)24-15)26(21,22)16-4-3-12(25-16)11-5-6-17-23-11/h2-7H,1,8-9H2,(H,18,20). The van der Waals surface area contributed by atoms with Gasteiger partial charge in [0, 0.05) is 24.0 Å². The average Bonchev–Trinajstić information content (AvgIpc) is 3.35. The molecule has 0 aliphatic carbocycles. The van der Waals surface area contributed by atoms with Crippen LogP contribution >= 0.6 is 22.7 Å². The lowest BCUT2D eigenvalue weighted by Gasteiger charge is -2.14. The molecule has 0 radical (unpaired) electrons. The summed E-state index contributed by atoms with van der Waals surface area (Å²) in [6.45, 7) is 3.99. The molecule has 3 aromatic rings. The quantitative estimate of drug-likeness (QED) is 0.655. The highest BCUT2D eigenvalue weighted by atomic mass is 32.2. The molecule has 0 bridgehead atoms. The Labute approximate surface area is 157 Å². The highest BCUT2D eigenvalue weighted by molar-refractivity contribution is 7.91. The van der Waals surface area contributed by atoms with Gasteiger partial charge < -0.3 is 9.84 Å². The van der Waals surface area contributed by atoms with E-state index < -0.39 is 10.0 Å². The van der Waals surface area contributed by atoms with Gasteiger partial charge in [0.15, 0.2) is 5.76 Å². The van der Waals surface area contributed by atoms with Crippen LogP contribution in [0, 0.1) is 0 Å². The number of nitrogens with zero attached hydrogens (tertiary/aromatic N) is 2. The predicted molar refractivity (Wildman–Crippen MR) is 99.4 cm³/mol. The van der Waals surface area contributed by atoms with Gasteiger partial charge >= 0.3 is 0 Å². The molecule has 4 rings (SSSR count). The van der Waals surface area contributed by atoms with E-state index in [1.165, 1.54) is 27.9 Å². The third kappa shape index (κ3) is 3.01. The number of sulfonamides is 1. The minimum Gasteiger partial charge on any atom is -0.355 e. The molecular weight excluding hydrogens is 394 g/mol. The van der Waals surface area contributed by atoms with Gasteiger partial charge in [-0.2, -0.15) is 4.31 Å². The maximum Gasteiger partial charge on any atom is 0.253 e. The van der Waals surface area contributed by atoms with Gasteiger partial charge in [0.05, 0.1) is 16.1 Å². The lowest BCUT2D eigenvalue weighted by atomic mass is 10.3. The van der Waals surface area contributed by atoms with Crippen LogP contribution in [-0.4, -0.2) is 23.8 Å². The van der Waals surface area contributed by atoms with Gasteiger partial charge in [0.2, 0.25) is 5.91 Å². The van der Waals surface area contributed by atoms with Gasteiger partial charge in [-0.05, 0) is 29.8 Å². The molecule has 10 heteroatoms. The zero-order valence-electron chi connectivity index (χ0n) is 13.3. The zero-order chi connectivity index (χ0) is 18.3. The minimum atomic E-state index is -3.59. The number of thiophene rings is 2. The summed E-state index contributed by atoms with van der Waals surface area (Å²) in [5.41, 5.74) is 0.907. The van der Waals surface area contributed by atoms with Gasteiger partial charge in [0.25, 0.3) is 10.0 Å². The molecule has 3 aromatic heterocycles. The largest absolute Gasteiger partial charge is 0.355 e. The van der Waals surface area contributed by atoms with Crippen molar-refractivity contribution in [2.24, 2.45) is 0 Å². The summed E-state index contributed by atoms with van der Waals surface area (Å²) in [6.07, 6.45) is 2.72. The molecule has 0 atom stereocenters. The fourth-order valence-electron chi connectivity index (χ4n) is 2.61. The second-order valence-electron chi connectivity index (χ2n) is 5.52. The Balaban J connectivity index is 1.53. The van der Waals surface area contributed by atoms with E-state index in [4.69, 9.17) is 4.52 Å². The summed E-state index contributed by atoms with van der Waals surface area (Å²) in [6, 6.07) is 6.80. The highest BCUT2D eigenvalue weighted by Crippen LogP contribution is 2.39. The molecule has 0 unspecified atom stereocenters. The van der Waals surface area contributed by atoms with Crippen molar-refractivity contribution in [3.63, 3.8) is 0 Å².